The number of benzene rings is 1. The van der Waals surface area contributed by atoms with Crippen LogP contribution < -0.4 is 5.32 Å². The lowest BCUT2D eigenvalue weighted by Gasteiger charge is -2.25. The molecule has 26 heavy (non-hydrogen) atoms. The third kappa shape index (κ3) is 4.62. The first-order chi connectivity index (χ1) is 12.7. The molecule has 1 aromatic rings. The number of nitrogens with zero attached hydrogens (tertiary/aromatic N) is 2. The molecule has 0 radical (unpaired) electrons. The summed E-state index contributed by atoms with van der Waals surface area (Å²) < 4.78 is 4.94. The molecule has 3 rings (SSSR count). The van der Waals surface area contributed by atoms with Crippen LogP contribution in [-0.4, -0.2) is 74.6 Å². The molecule has 2 saturated heterocycles. The van der Waals surface area contributed by atoms with Crippen LogP contribution in [-0.2, 0) is 9.53 Å². The number of methoxy groups -OCH3 is 1. The first kappa shape index (κ1) is 18.9. The van der Waals surface area contributed by atoms with Crippen molar-refractivity contribution in [1.82, 2.24) is 15.1 Å². The fourth-order valence-corrected chi connectivity index (χ4v) is 3.83. The van der Waals surface area contributed by atoms with Crippen LogP contribution in [0.1, 0.15) is 41.1 Å². The topological polar surface area (TPSA) is 61.9 Å². The minimum absolute atomic E-state index is 0.00593. The number of carbonyl (C=O) groups excluding carboxylic acids is 2. The van der Waals surface area contributed by atoms with Crippen molar-refractivity contribution in [2.45, 2.75) is 25.2 Å². The van der Waals surface area contributed by atoms with Gasteiger partial charge >= 0.3 is 0 Å². The molecule has 2 fully saturated rings. The molecular weight excluding hydrogens is 330 g/mol. The van der Waals surface area contributed by atoms with Crippen molar-refractivity contribution in [3.63, 3.8) is 0 Å². The zero-order chi connectivity index (χ0) is 18.4. The molecule has 2 amide bonds. The first-order valence-corrected chi connectivity index (χ1v) is 9.55. The molecule has 0 bridgehead atoms. The summed E-state index contributed by atoms with van der Waals surface area (Å²) in [7, 11) is 1.53. The van der Waals surface area contributed by atoms with Crippen molar-refractivity contribution in [3.05, 3.63) is 35.4 Å². The Kier molecular flexibility index (Phi) is 6.63. The van der Waals surface area contributed by atoms with Crippen LogP contribution in [0, 0.1) is 0 Å². The van der Waals surface area contributed by atoms with Crippen molar-refractivity contribution < 1.29 is 14.3 Å². The zero-order valence-corrected chi connectivity index (χ0v) is 15.6. The smallest absolute Gasteiger partial charge is 0.253 e. The molecule has 6 heteroatoms. The second-order valence-corrected chi connectivity index (χ2v) is 7.13. The fourth-order valence-electron chi connectivity index (χ4n) is 3.83. The Morgan fingerprint density at radius 1 is 1.15 bits per heavy atom. The monoisotopic (exact) mass is 359 g/mol. The maximum atomic E-state index is 13.0. The summed E-state index contributed by atoms with van der Waals surface area (Å²) >= 11 is 0. The van der Waals surface area contributed by atoms with Gasteiger partial charge in [0.05, 0.1) is 0 Å². The van der Waals surface area contributed by atoms with Crippen LogP contribution in [0.4, 0.5) is 0 Å². The fraction of sp³-hybridized carbons (Fsp3) is 0.600. The Bertz CT molecular complexity index is 628. The Morgan fingerprint density at radius 2 is 1.96 bits per heavy atom. The summed E-state index contributed by atoms with van der Waals surface area (Å²) in [5, 5.41) is 3.44. The van der Waals surface area contributed by atoms with Gasteiger partial charge in [-0.25, -0.2) is 0 Å². The Hall–Kier alpha value is -1.92. The average molecular weight is 359 g/mol. The largest absolute Gasteiger partial charge is 0.375 e. The van der Waals surface area contributed by atoms with Crippen molar-refractivity contribution >= 4 is 11.8 Å². The maximum Gasteiger partial charge on any atom is 0.253 e. The number of carbonyl (C=O) groups is 2. The van der Waals surface area contributed by atoms with Gasteiger partial charge in [-0.2, -0.15) is 0 Å². The van der Waals surface area contributed by atoms with Crippen LogP contribution in [0.2, 0.25) is 0 Å². The van der Waals surface area contributed by atoms with Crippen LogP contribution in [0.25, 0.3) is 0 Å². The van der Waals surface area contributed by atoms with Gasteiger partial charge in [0.1, 0.15) is 6.61 Å². The molecule has 0 aliphatic carbocycles. The molecule has 0 unspecified atom stereocenters. The van der Waals surface area contributed by atoms with Crippen LogP contribution in [0.3, 0.4) is 0 Å². The quantitative estimate of drug-likeness (QED) is 0.884. The predicted octanol–water partition coefficient (Wildman–Crippen LogP) is 1.47. The summed E-state index contributed by atoms with van der Waals surface area (Å²) in [5.74, 6) is 0.549. The summed E-state index contributed by atoms with van der Waals surface area (Å²) in [6.07, 6.45) is 3.15. The van der Waals surface area contributed by atoms with Gasteiger partial charge in [0.2, 0.25) is 5.91 Å². The highest BCUT2D eigenvalue weighted by atomic mass is 16.5. The minimum Gasteiger partial charge on any atom is -0.375 e. The van der Waals surface area contributed by atoms with E-state index in [1.807, 2.05) is 17.0 Å². The lowest BCUT2D eigenvalue weighted by atomic mass is 9.90. The molecule has 0 saturated carbocycles. The Labute approximate surface area is 155 Å². The predicted molar refractivity (Wildman–Crippen MR) is 100 cm³/mol. The molecule has 1 N–H and O–H groups in total. The first-order valence-electron chi connectivity index (χ1n) is 9.55. The van der Waals surface area contributed by atoms with Gasteiger partial charge in [-0.15, -0.1) is 0 Å². The number of amides is 2. The van der Waals surface area contributed by atoms with Crippen LogP contribution in [0.15, 0.2) is 24.3 Å². The van der Waals surface area contributed by atoms with Crippen molar-refractivity contribution in [2.75, 3.05) is 53.0 Å². The third-order valence-electron chi connectivity index (χ3n) is 5.31. The second-order valence-electron chi connectivity index (χ2n) is 7.13. The van der Waals surface area contributed by atoms with Gasteiger partial charge in [-0.3, -0.25) is 9.59 Å². The zero-order valence-electron chi connectivity index (χ0n) is 15.6. The van der Waals surface area contributed by atoms with E-state index in [9.17, 15) is 9.59 Å². The van der Waals surface area contributed by atoms with E-state index in [2.05, 4.69) is 17.4 Å². The van der Waals surface area contributed by atoms with E-state index in [1.54, 1.807) is 4.90 Å². The molecule has 6 nitrogen and oxygen atoms in total. The lowest BCUT2D eigenvalue weighted by Crippen LogP contribution is -2.38. The average Bonchev–Trinajstić information content (AvgIpc) is 2.95. The van der Waals surface area contributed by atoms with E-state index in [0.717, 1.165) is 25.1 Å². The van der Waals surface area contributed by atoms with Gasteiger partial charge in [0.15, 0.2) is 0 Å². The molecule has 2 heterocycles. The van der Waals surface area contributed by atoms with Crippen LogP contribution in [0.5, 0.6) is 0 Å². The Morgan fingerprint density at radius 3 is 2.73 bits per heavy atom. The number of piperidine rings is 1. The molecular formula is C20H29N3O3. The number of rotatable bonds is 4. The Balaban J connectivity index is 1.64. The molecule has 0 aromatic heterocycles. The normalized spacial score (nSPS) is 21.3. The molecule has 2 aliphatic heterocycles. The summed E-state index contributed by atoms with van der Waals surface area (Å²) in [4.78, 5) is 28.6. The van der Waals surface area contributed by atoms with Crippen LogP contribution >= 0.6 is 0 Å². The lowest BCUT2D eigenvalue weighted by molar-refractivity contribution is -0.135. The van der Waals surface area contributed by atoms with E-state index >= 15 is 0 Å². The summed E-state index contributed by atoms with van der Waals surface area (Å²) in [5.41, 5.74) is 2.00. The number of hydrogen-bond acceptors (Lipinski definition) is 4. The van der Waals surface area contributed by atoms with Crippen molar-refractivity contribution in [1.29, 1.82) is 0 Å². The van der Waals surface area contributed by atoms with Gasteiger partial charge < -0.3 is 19.9 Å². The highest BCUT2D eigenvalue weighted by Crippen LogP contribution is 2.24. The van der Waals surface area contributed by atoms with Gasteiger partial charge in [0, 0.05) is 45.4 Å². The number of nitrogens with one attached hydrogen (secondary N) is 1. The van der Waals surface area contributed by atoms with E-state index in [4.69, 9.17) is 4.74 Å². The highest BCUT2D eigenvalue weighted by molar-refractivity contribution is 5.94. The standard InChI is InChI=1S/C20H29N3O3/c1-26-15-19(24)22-9-4-10-23(12-11-22)20(25)17-6-2-5-16(13-17)18-7-3-8-21-14-18/h2,5-6,13,18,21H,3-4,7-12,14-15H2,1H3/t18-/m1/s1. The van der Waals surface area contributed by atoms with Gasteiger partial charge in [-0.05, 0) is 49.4 Å². The minimum atomic E-state index is -0.00593. The highest BCUT2D eigenvalue weighted by Gasteiger charge is 2.23. The molecule has 2 aliphatic rings. The van der Waals surface area contributed by atoms with E-state index in [1.165, 1.54) is 25.5 Å². The van der Waals surface area contributed by atoms with E-state index in [0.29, 0.717) is 32.1 Å². The molecule has 0 spiro atoms. The van der Waals surface area contributed by atoms with Crippen molar-refractivity contribution in [3.8, 4) is 0 Å². The summed E-state index contributed by atoms with van der Waals surface area (Å²) in [6.45, 7) is 4.68. The van der Waals surface area contributed by atoms with Gasteiger partial charge in [0.25, 0.3) is 5.91 Å². The SMILES string of the molecule is COCC(=O)N1CCCN(C(=O)c2cccc([C@@H]3CCCNC3)c2)CC1. The van der Waals surface area contributed by atoms with E-state index < -0.39 is 0 Å². The second kappa shape index (κ2) is 9.14. The number of hydrogen-bond donors (Lipinski definition) is 1. The number of ether oxygens (including phenoxy) is 1. The van der Waals surface area contributed by atoms with Gasteiger partial charge in [-0.1, -0.05) is 12.1 Å². The van der Waals surface area contributed by atoms with E-state index in [-0.39, 0.29) is 18.4 Å². The molecule has 1 aromatic carbocycles. The molecule has 142 valence electrons. The maximum absolute atomic E-state index is 13.0. The van der Waals surface area contributed by atoms with Crippen molar-refractivity contribution in [2.24, 2.45) is 0 Å². The summed E-state index contributed by atoms with van der Waals surface area (Å²) in [6, 6.07) is 8.07. The molecule has 1 atom stereocenters. The third-order valence-corrected chi connectivity index (χ3v) is 5.31.